The number of hydrogen-bond donors (Lipinski definition) is 2. The SMILES string of the molecule is Cc1cc(C2(C(F)(F)F)CC2)c(F)c(C)c1Oc1nnc(C(F)(F)F)c(C)c1C(=O)Nc1cccc(S(C)(=N)=O)c1. The van der Waals surface area contributed by atoms with Crippen molar-refractivity contribution in [3.05, 3.63) is 69.7 Å². The highest BCUT2D eigenvalue weighted by Gasteiger charge is 2.65. The van der Waals surface area contributed by atoms with Crippen LogP contribution in [0.15, 0.2) is 35.2 Å². The van der Waals surface area contributed by atoms with Gasteiger partial charge in [0.2, 0.25) is 0 Å². The summed E-state index contributed by atoms with van der Waals surface area (Å²) in [5.74, 6) is -3.43. The van der Waals surface area contributed by atoms with Gasteiger partial charge in [-0.2, -0.15) is 26.3 Å². The van der Waals surface area contributed by atoms with E-state index >= 15 is 4.39 Å². The third-order valence-electron chi connectivity index (χ3n) is 6.85. The van der Waals surface area contributed by atoms with Gasteiger partial charge in [-0.3, -0.25) is 4.79 Å². The van der Waals surface area contributed by atoms with E-state index in [1.807, 2.05) is 0 Å². The molecule has 2 N–H and O–H groups in total. The van der Waals surface area contributed by atoms with E-state index in [0.29, 0.717) is 0 Å². The van der Waals surface area contributed by atoms with Crippen LogP contribution in [0, 0.1) is 31.4 Å². The smallest absolute Gasteiger partial charge is 0.435 e. The lowest BCUT2D eigenvalue weighted by atomic mass is 9.91. The Labute approximate surface area is 230 Å². The quantitative estimate of drug-likeness (QED) is 0.289. The molecular formula is C26H23F7N4O3S. The summed E-state index contributed by atoms with van der Waals surface area (Å²) < 4.78 is 123. The highest BCUT2D eigenvalue weighted by Crippen LogP contribution is 2.60. The van der Waals surface area contributed by atoms with Crippen molar-refractivity contribution in [2.45, 2.75) is 56.3 Å². The second-order valence-electron chi connectivity index (χ2n) is 9.87. The summed E-state index contributed by atoms with van der Waals surface area (Å²) in [6.07, 6.45) is -9.16. The van der Waals surface area contributed by atoms with Crippen molar-refractivity contribution >= 4 is 21.3 Å². The minimum Gasteiger partial charge on any atom is -0.436 e. The van der Waals surface area contributed by atoms with Crippen LogP contribution in [0.2, 0.25) is 0 Å². The maximum atomic E-state index is 15.3. The minimum absolute atomic E-state index is 0.00492. The van der Waals surface area contributed by atoms with Gasteiger partial charge in [-0.15, -0.1) is 10.2 Å². The number of carbonyl (C=O) groups is 1. The first-order chi connectivity index (χ1) is 18.8. The number of hydrogen-bond acceptors (Lipinski definition) is 6. The second kappa shape index (κ2) is 9.96. The van der Waals surface area contributed by atoms with Gasteiger partial charge in [-0.25, -0.2) is 13.4 Å². The molecule has 0 radical (unpaired) electrons. The molecule has 220 valence electrons. The Bertz CT molecular complexity index is 1660. The molecule has 15 heteroatoms. The van der Waals surface area contributed by atoms with E-state index in [9.17, 15) is 35.3 Å². The fraction of sp³-hybridized carbons (Fsp3) is 0.346. The van der Waals surface area contributed by atoms with Crippen LogP contribution in [0.3, 0.4) is 0 Å². The van der Waals surface area contributed by atoms with Gasteiger partial charge in [0.1, 0.15) is 17.1 Å². The normalized spacial score (nSPS) is 16.2. The van der Waals surface area contributed by atoms with Gasteiger partial charge in [-0.1, -0.05) is 6.07 Å². The van der Waals surface area contributed by atoms with E-state index in [0.717, 1.165) is 26.2 Å². The number of alkyl halides is 6. The number of nitrogens with zero attached hydrogens (tertiary/aromatic N) is 2. The van der Waals surface area contributed by atoms with E-state index in [1.54, 1.807) is 0 Å². The van der Waals surface area contributed by atoms with Gasteiger partial charge < -0.3 is 10.1 Å². The molecule has 0 spiro atoms. The Morgan fingerprint density at radius 2 is 1.68 bits per heavy atom. The lowest BCUT2D eigenvalue weighted by Crippen LogP contribution is -2.30. The number of benzene rings is 2. The maximum absolute atomic E-state index is 15.3. The average Bonchev–Trinajstić information content (AvgIpc) is 3.65. The monoisotopic (exact) mass is 604 g/mol. The van der Waals surface area contributed by atoms with E-state index in [2.05, 4.69) is 15.5 Å². The predicted octanol–water partition coefficient (Wildman–Crippen LogP) is 7.23. The second-order valence-corrected chi connectivity index (χ2v) is 12.0. The Morgan fingerprint density at radius 3 is 2.22 bits per heavy atom. The number of carbonyl (C=O) groups excluding carboxylic acids is 1. The molecule has 1 amide bonds. The Morgan fingerprint density at radius 1 is 1.05 bits per heavy atom. The zero-order valence-electron chi connectivity index (χ0n) is 22.0. The average molecular weight is 605 g/mol. The fourth-order valence-corrected chi connectivity index (χ4v) is 5.18. The van der Waals surface area contributed by atoms with E-state index in [-0.39, 0.29) is 40.3 Å². The summed E-state index contributed by atoms with van der Waals surface area (Å²) in [4.78, 5) is 13.3. The van der Waals surface area contributed by atoms with Crippen LogP contribution in [0.1, 0.15) is 51.1 Å². The summed E-state index contributed by atoms with van der Waals surface area (Å²) in [5.41, 5.74) is -6.14. The third kappa shape index (κ3) is 5.59. The number of aromatic nitrogens is 2. The van der Waals surface area contributed by atoms with Crippen molar-refractivity contribution in [1.82, 2.24) is 10.2 Å². The first-order valence-electron chi connectivity index (χ1n) is 11.9. The summed E-state index contributed by atoms with van der Waals surface area (Å²) >= 11 is 0. The van der Waals surface area contributed by atoms with Crippen molar-refractivity contribution < 1.29 is 44.5 Å². The standard InChI is InChI=1S/C26H23F7N4O3S/c1-12-10-17(24(8-9-24)26(31,32)33)19(27)14(3)20(12)40-23-18(13(2)21(36-37-23)25(28,29)30)22(38)35-15-6-5-7-16(11-15)41(4,34)39/h5-7,10-11,34H,8-9H2,1-4H3,(H,35,38). The molecule has 1 aliphatic carbocycles. The molecule has 7 nitrogen and oxygen atoms in total. The molecule has 1 heterocycles. The van der Waals surface area contributed by atoms with Crippen LogP contribution in [0.4, 0.5) is 36.4 Å². The van der Waals surface area contributed by atoms with Crippen molar-refractivity contribution in [3.8, 4) is 11.6 Å². The lowest BCUT2D eigenvalue weighted by Gasteiger charge is -2.23. The highest BCUT2D eigenvalue weighted by atomic mass is 32.2. The molecule has 0 saturated heterocycles. The summed E-state index contributed by atoms with van der Waals surface area (Å²) in [7, 11) is -3.19. The minimum atomic E-state index is -5.01. The first kappa shape index (κ1) is 30.2. The summed E-state index contributed by atoms with van der Waals surface area (Å²) in [6, 6.07) is 6.27. The fourth-order valence-electron chi connectivity index (χ4n) is 4.49. The first-order valence-corrected chi connectivity index (χ1v) is 13.9. The van der Waals surface area contributed by atoms with E-state index in [4.69, 9.17) is 9.52 Å². The molecule has 0 aliphatic heterocycles. The molecule has 4 rings (SSSR count). The number of anilines is 1. The van der Waals surface area contributed by atoms with Gasteiger partial charge in [0.25, 0.3) is 11.8 Å². The van der Waals surface area contributed by atoms with Crippen molar-refractivity contribution in [3.63, 3.8) is 0 Å². The molecule has 2 aromatic carbocycles. The Kier molecular flexibility index (Phi) is 7.34. The van der Waals surface area contributed by atoms with Gasteiger partial charge in [-0.05, 0) is 69.0 Å². The summed E-state index contributed by atoms with van der Waals surface area (Å²) in [6.45, 7) is 3.42. The van der Waals surface area contributed by atoms with Crippen molar-refractivity contribution in [2.24, 2.45) is 0 Å². The number of nitrogens with one attached hydrogen (secondary N) is 2. The number of rotatable bonds is 6. The van der Waals surface area contributed by atoms with Gasteiger partial charge >= 0.3 is 12.4 Å². The number of halogens is 7. The van der Waals surface area contributed by atoms with Crippen LogP contribution in [-0.4, -0.2) is 32.7 Å². The number of amides is 1. The molecule has 1 aliphatic rings. The summed E-state index contributed by atoms with van der Waals surface area (Å²) in [5, 5.41) is 8.91. The number of aryl methyl sites for hydroxylation is 1. The van der Waals surface area contributed by atoms with Crippen molar-refractivity contribution in [2.75, 3.05) is 11.6 Å². The molecule has 41 heavy (non-hydrogen) atoms. The van der Waals surface area contributed by atoms with Gasteiger partial charge in [0.05, 0.1) is 15.1 Å². The van der Waals surface area contributed by atoms with Crippen LogP contribution < -0.4 is 10.1 Å². The Balaban J connectivity index is 1.81. The molecule has 1 atom stereocenters. The zero-order valence-corrected chi connectivity index (χ0v) is 22.8. The molecule has 3 aromatic rings. The molecular weight excluding hydrogens is 581 g/mol. The van der Waals surface area contributed by atoms with Crippen LogP contribution in [0.5, 0.6) is 11.6 Å². The molecule has 0 bridgehead atoms. The number of ether oxygens (including phenoxy) is 1. The van der Waals surface area contributed by atoms with Crippen LogP contribution >= 0.6 is 0 Å². The maximum Gasteiger partial charge on any atom is 0.435 e. The van der Waals surface area contributed by atoms with Gasteiger partial charge in [0, 0.05) is 28.0 Å². The van der Waals surface area contributed by atoms with Gasteiger partial charge in [0.15, 0.2) is 5.69 Å². The van der Waals surface area contributed by atoms with E-state index in [1.165, 1.54) is 31.2 Å². The highest BCUT2D eigenvalue weighted by molar-refractivity contribution is 7.91. The third-order valence-corrected chi connectivity index (χ3v) is 8.01. The molecule has 1 aromatic heterocycles. The zero-order chi connectivity index (χ0) is 30.7. The van der Waals surface area contributed by atoms with Crippen LogP contribution in [-0.2, 0) is 21.3 Å². The van der Waals surface area contributed by atoms with Crippen molar-refractivity contribution in [1.29, 1.82) is 4.78 Å². The Hall–Kier alpha value is -3.75. The molecule has 1 fully saturated rings. The lowest BCUT2D eigenvalue weighted by molar-refractivity contribution is -0.161. The molecule has 1 unspecified atom stereocenters. The molecule has 1 saturated carbocycles. The topological polar surface area (TPSA) is 105 Å². The van der Waals surface area contributed by atoms with Crippen LogP contribution in [0.25, 0.3) is 0 Å². The largest absolute Gasteiger partial charge is 0.436 e. The predicted molar refractivity (Wildman–Crippen MR) is 134 cm³/mol. The van der Waals surface area contributed by atoms with E-state index < -0.39 is 67.5 Å².